The van der Waals surface area contributed by atoms with E-state index < -0.39 is 36.1 Å². The number of thioether (sulfide) groups is 2. The van der Waals surface area contributed by atoms with E-state index in [-0.39, 0.29) is 13.2 Å². The lowest BCUT2D eigenvalue weighted by Crippen LogP contribution is -2.26. The summed E-state index contributed by atoms with van der Waals surface area (Å²) in [5, 5.41) is 1.57. The molecule has 78 heavy (non-hydrogen) atoms. The first kappa shape index (κ1) is 62.5. The second kappa shape index (κ2) is 37.4. The quantitative estimate of drug-likeness (QED) is 0.0124. The first-order chi connectivity index (χ1) is 38.1. The van der Waals surface area contributed by atoms with Crippen LogP contribution in [0, 0.1) is 0 Å². The van der Waals surface area contributed by atoms with Crippen molar-refractivity contribution in [2.45, 2.75) is 179 Å². The van der Waals surface area contributed by atoms with Gasteiger partial charge in [-0.15, -0.1) is 0 Å². The Hall–Kier alpha value is -6.38. The van der Waals surface area contributed by atoms with E-state index in [1.807, 2.05) is 97.3 Å². The highest BCUT2D eigenvalue weighted by Crippen LogP contribution is 2.24. The molecule has 0 bridgehead atoms. The van der Waals surface area contributed by atoms with E-state index in [0.29, 0.717) is 11.1 Å². The monoisotopic (exact) mass is 1100 g/mol. The number of carbonyl (C=O) groups excluding carboxylic acids is 4. The molecule has 6 rings (SSSR count). The van der Waals surface area contributed by atoms with Crippen molar-refractivity contribution in [2.75, 3.05) is 11.5 Å². The van der Waals surface area contributed by atoms with Gasteiger partial charge in [-0.25, -0.2) is 39.1 Å². The fraction of sp³-hybridized carbons (Fsp3) is 0.438. The highest BCUT2D eigenvalue weighted by molar-refractivity contribution is 7.99. The fourth-order valence-corrected chi connectivity index (χ4v) is 9.65. The van der Waals surface area contributed by atoms with Crippen LogP contribution in [0.15, 0.2) is 144 Å². The number of rotatable bonds is 34. The normalized spacial score (nSPS) is 11.6. The standard InChI is InChI=1S/C33H42N2O4S.C31H38N2O4S/c1-3-4-5-6-7-8-9-10-11-15-22-40-33-34-23-30(24-35-33)28-18-20-29(21-19-28)32(37)39-26(2)31(36)38-25-27-16-13-12-14-17-27;1-3-4-5-6-7-8-9-13-20-38-31-32-21-28(22-33-31)26-16-18-27(19-17-26)30(35)37-24(2)29(34)36-23-25-14-11-10-12-15-25/h12-14,16-21,23-24,26H,3-11,15,22,25H2,1-2H3;10-12,14-19,21-22,24H,3-9,13,20,23H2,1-2H3/t26-;24-/m00/s1. The van der Waals surface area contributed by atoms with Crippen molar-refractivity contribution in [2.24, 2.45) is 0 Å². The van der Waals surface area contributed by atoms with Gasteiger partial charge in [0.05, 0.1) is 11.1 Å². The van der Waals surface area contributed by atoms with Gasteiger partial charge in [0.15, 0.2) is 22.5 Å². The van der Waals surface area contributed by atoms with Crippen LogP contribution in [0.4, 0.5) is 0 Å². The number of esters is 4. The van der Waals surface area contributed by atoms with E-state index in [4.69, 9.17) is 18.9 Å². The highest BCUT2D eigenvalue weighted by atomic mass is 32.2. The zero-order chi connectivity index (χ0) is 55.4. The van der Waals surface area contributed by atoms with Gasteiger partial charge in [0.2, 0.25) is 0 Å². The van der Waals surface area contributed by atoms with Gasteiger partial charge in [0, 0.05) is 47.4 Å². The third-order valence-corrected chi connectivity index (χ3v) is 14.7. The summed E-state index contributed by atoms with van der Waals surface area (Å²) in [5.41, 5.74) is 6.00. The SMILES string of the molecule is CCCCCCCCCCCCSc1ncc(-c2ccc(C(=O)O[C@@H](C)C(=O)OCc3ccccc3)cc2)cn1.CCCCCCCCCCSc1ncc(-c2ccc(C(=O)O[C@@H](C)C(=O)OCc3ccccc3)cc2)cn1. The molecule has 416 valence electrons. The molecule has 0 amide bonds. The van der Waals surface area contributed by atoms with Crippen LogP contribution in [-0.2, 0) is 41.8 Å². The molecule has 6 aromatic rings. The number of nitrogens with zero attached hydrogens (tertiary/aromatic N) is 4. The summed E-state index contributed by atoms with van der Waals surface area (Å²) < 4.78 is 21.1. The number of hydrogen-bond acceptors (Lipinski definition) is 14. The average molecular weight is 1100 g/mol. The molecule has 0 radical (unpaired) electrons. The Morgan fingerprint density at radius 1 is 0.397 bits per heavy atom. The molecule has 0 saturated heterocycles. The zero-order valence-electron chi connectivity index (χ0n) is 46.3. The van der Waals surface area contributed by atoms with Gasteiger partial charge in [0.25, 0.3) is 0 Å². The van der Waals surface area contributed by atoms with Crippen molar-refractivity contribution in [1.82, 2.24) is 19.9 Å². The van der Waals surface area contributed by atoms with Crippen LogP contribution >= 0.6 is 23.5 Å². The van der Waals surface area contributed by atoms with Crippen LogP contribution in [0.5, 0.6) is 0 Å². The van der Waals surface area contributed by atoms with Gasteiger partial charge in [-0.3, -0.25) is 0 Å². The van der Waals surface area contributed by atoms with E-state index in [1.165, 1.54) is 129 Å². The van der Waals surface area contributed by atoms with E-state index in [0.717, 1.165) is 55.2 Å². The van der Waals surface area contributed by atoms with E-state index >= 15 is 0 Å². The maximum absolute atomic E-state index is 12.5. The molecule has 2 atom stereocenters. The minimum absolute atomic E-state index is 0.134. The van der Waals surface area contributed by atoms with Gasteiger partial charge < -0.3 is 18.9 Å². The molecule has 4 aromatic carbocycles. The van der Waals surface area contributed by atoms with Gasteiger partial charge in [0.1, 0.15) is 13.2 Å². The van der Waals surface area contributed by atoms with Crippen LogP contribution < -0.4 is 0 Å². The second-order valence-electron chi connectivity index (χ2n) is 19.3. The lowest BCUT2D eigenvalue weighted by atomic mass is 10.1. The summed E-state index contributed by atoms with van der Waals surface area (Å²) in [5.74, 6) is -0.266. The lowest BCUT2D eigenvalue weighted by Gasteiger charge is -2.13. The number of benzene rings is 4. The second-order valence-corrected chi connectivity index (χ2v) is 21.4. The molecule has 14 heteroatoms. The number of unbranched alkanes of at least 4 members (excludes halogenated alkanes) is 16. The predicted octanol–water partition coefficient (Wildman–Crippen LogP) is 16.1. The molecular weight excluding hydrogens is 1020 g/mol. The maximum Gasteiger partial charge on any atom is 0.347 e. The van der Waals surface area contributed by atoms with Crippen LogP contribution in [0.1, 0.15) is 175 Å². The van der Waals surface area contributed by atoms with Gasteiger partial charge in [-0.1, -0.05) is 225 Å². The summed E-state index contributed by atoms with van der Waals surface area (Å²) in [6, 6.07) is 32.7. The molecule has 0 aliphatic carbocycles. The molecule has 0 unspecified atom stereocenters. The molecular formula is C64H80N4O8S2. The van der Waals surface area contributed by atoms with Crippen LogP contribution in [0.3, 0.4) is 0 Å². The minimum Gasteiger partial charge on any atom is -0.458 e. The topological polar surface area (TPSA) is 157 Å². The van der Waals surface area contributed by atoms with Crippen LogP contribution in [-0.4, -0.2) is 67.5 Å². The molecule has 2 heterocycles. The Morgan fingerprint density at radius 3 is 1.03 bits per heavy atom. The van der Waals surface area contributed by atoms with E-state index in [1.54, 1.807) is 60.2 Å². The molecule has 0 fully saturated rings. The Morgan fingerprint density at radius 2 is 0.705 bits per heavy atom. The lowest BCUT2D eigenvalue weighted by molar-refractivity contribution is -0.154. The van der Waals surface area contributed by atoms with Crippen molar-refractivity contribution in [1.29, 1.82) is 0 Å². The predicted molar refractivity (Wildman–Crippen MR) is 313 cm³/mol. The Bertz CT molecular complexity index is 2610. The average Bonchev–Trinajstić information content (AvgIpc) is 3.48. The Kier molecular flexibility index (Phi) is 30.0. The number of carbonyl (C=O) groups is 4. The molecule has 12 nitrogen and oxygen atoms in total. The number of hydrogen-bond donors (Lipinski definition) is 0. The van der Waals surface area contributed by atoms with Crippen molar-refractivity contribution >= 4 is 47.4 Å². The minimum atomic E-state index is -1.00. The first-order valence-electron chi connectivity index (χ1n) is 28.1. The molecule has 0 N–H and O–H groups in total. The highest BCUT2D eigenvalue weighted by Gasteiger charge is 2.22. The van der Waals surface area contributed by atoms with Crippen LogP contribution in [0.25, 0.3) is 22.3 Å². The molecule has 2 aromatic heterocycles. The number of aromatic nitrogens is 4. The smallest absolute Gasteiger partial charge is 0.347 e. The van der Waals surface area contributed by atoms with Crippen molar-refractivity contribution < 1.29 is 38.1 Å². The summed E-state index contributed by atoms with van der Waals surface area (Å²) >= 11 is 3.39. The first-order valence-corrected chi connectivity index (χ1v) is 30.0. The molecule has 0 spiro atoms. The summed E-state index contributed by atoms with van der Waals surface area (Å²) in [6.07, 6.45) is 29.0. The maximum atomic E-state index is 12.5. The Balaban J connectivity index is 0.000000288. The van der Waals surface area contributed by atoms with E-state index in [9.17, 15) is 19.2 Å². The number of ether oxygens (including phenoxy) is 4. The third kappa shape index (κ3) is 24.5. The molecule has 0 aliphatic rings. The zero-order valence-corrected chi connectivity index (χ0v) is 47.9. The van der Waals surface area contributed by atoms with E-state index in [2.05, 4.69) is 33.8 Å². The third-order valence-electron chi connectivity index (χ3n) is 12.8. The van der Waals surface area contributed by atoms with Gasteiger partial charge >= 0.3 is 23.9 Å². The van der Waals surface area contributed by atoms with Crippen molar-refractivity contribution in [3.05, 3.63) is 156 Å². The largest absolute Gasteiger partial charge is 0.458 e. The van der Waals surface area contributed by atoms with Crippen molar-refractivity contribution in [3.63, 3.8) is 0 Å². The Labute approximate surface area is 472 Å². The summed E-state index contributed by atoms with van der Waals surface area (Å²) in [6.45, 7) is 7.79. The summed E-state index contributed by atoms with van der Waals surface area (Å²) in [7, 11) is 0. The summed E-state index contributed by atoms with van der Waals surface area (Å²) in [4.78, 5) is 67.4. The molecule has 0 saturated carbocycles. The van der Waals surface area contributed by atoms with Gasteiger partial charge in [-0.05, 0) is 73.2 Å². The van der Waals surface area contributed by atoms with Crippen molar-refractivity contribution in [3.8, 4) is 22.3 Å². The van der Waals surface area contributed by atoms with Gasteiger partial charge in [-0.2, -0.15) is 0 Å². The molecule has 0 aliphatic heterocycles. The van der Waals surface area contributed by atoms with Crippen LogP contribution in [0.2, 0.25) is 0 Å². The fourth-order valence-electron chi connectivity index (χ4n) is 8.08.